The average molecular weight is 257 g/mol. The third-order valence-corrected chi connectivity index (χ3v) is 2.99. The molecule has 0 amide bonds. The Morgan fingerprint density at radius 3 is 2.47 bits per heavy atom. The van der Waals surface area contributed by atoms with Crippen molar-refractivity contribution in [1.82, 2.24) is 0 Å². The molecule has 0 saturated heterocycles. The van der Waals surface area contributed by atoms with Crippen LogP contribution in [0.5, 0.6) is 0 Å². The number of carbonyl (C=O) groups excluding carboxylic acids is 1. The number of ketones is 1. The Balaban J connectivity index is 2.08. The Morgan fingerprint density at radius 2 is 1.84 bits per heavy atom. The Hall–Kier alpha value is -2.16. The molecule has 3 heteroatoms. The minimum Gasteiger partial charge on any atom is -0.367 e. The summed E-state index contributed by atoms with van der Waals surface area (Å²) in [5, 5.41) is 0. The standard InChI is InChI=1S/C16H16FNO/c1-12-4-3-5-13(10-12)16(19)11-18(2)15-8-6-14(17)7-9-15/h3-10H,11H2,1-2H3. The first-order valence-corrected chi connectivity index (χ1v) is 6.13. The van der Waals surface area contributed by atoms with Gasteiger partial charge in [-0.05, 0) is 37.3 Å². The molecule has 0 spiro atoms. The molecule has 0 N–H and O–H groups in total. The summed E-state index contributed by atoms with van der Waals surface area (Å²) >= 11 is 0. The van der Waals surface area contributed by atoms with E-state index < -0.39 is 0 Å². The van der Waals surface area contributed by atoms with E-state index in [0.29, 0.717) is 5.56 Å². The SMILES string of the molecule is Cc1cccc(C(=O)CN(C)c2ccc(F)cc2)c1. The summed E-state index contributed by atoms with van der Waals surface area (Å²) in [5.41, 5.74) is 2.59. The van der Waals surface area contributed by atoms with E-state index in [4.69, 9.17) is 0 Å². The number of hydrogen-bond acceptors (Lipinski definition) is 2. The van der Waals surface area contributed by atoms with E-state index in [9.17, 15) is 9.18 Å². The molecule has 0 aliphatic heterocycles. The van der Waals surface area contributed by atoms with Crippen molar-refractivity contribution in [2.45, 2.75) is 6.92 Å². The van der Waals surface area contributed by atoms with E-state index in [2.05, 4.69) is 0 Å². The van der Waals surface area contributed by atoms with Gasteiger partial charge in [-0.25, -0.2) is 4.39 Å². The van der Waals surface area contributed by atoms with E-state index in [0.717, 1.165) is 11.3 Å². The highest BCUT2D eigenvalue weighted by molar-refractivity contribution is 5.99. The average Bonchev–Trinajstić information content (AvgIpc) is 2.39. The van der Waals surface area contributed by atoms with Crippen LogP contribution in [0.15, 0.2) is 48.5 Å². The number of nitrogens with zero attached hydrogens (tertiary/aromatic N) is 1. The zero-order valence-corrected chi connectivity index (χ0v) is 11.1. The predicted molar refractivity (Wildman–Crippen MR) is 75.2 cm³/mol. The van der Waals surface area contributed by atoms with Gasteiger partial charge in [-0.1, -0.05) is 23.8 Å². The molecule has 0 aliphatic rings. The molecule has 2 rings (SSSR count). The minimum atomic E-state index is -0.276. The van der Waals surface area contributed by atoms with Gasteiger partial charge in [0.25, 0.3) is 0 Å². The lowest BCUT2D eigenvalue weighted by atomic mass is 10.1. The van der Waals surface area contributed by atoms with E-state index >= 15 is 0 Å². The molecule has 0 aliphatic carbocycles. The van der Waals surface area contributed by atoms with Crippen molar-refractivity contribution in [2.24, 2.45) is 0 Å². The second-order valence-electron chi connectivity index (χ2n) is 4.63. The smallest absolute Gasteiger partial charge is 0.182 e. The first-order valence-electron chi connectivity index (χ1n) is 6.13. The van der Waals surface area contributed by atoms with Crippen LogP contribution in [0.1, 0.15) is 15.9 Å². The van der Waals surface area contributed by atoms with E-state index in [1.807, 2.05) is 43.1 Å². The number of hydrogen-bond donors (Lipinski definition) is 0. The van der Waals surface area contributed by atoms with Gasteiger partial charge in [0.05, 0.1) is 6.54 Å². The van der Waals surface area contributed by atoms with Crippen molar-refractivity contribution < 1.29 is 9.18 Å². The van der Waals surface area contributed by atoms with Gasteiger partial charge in [-0.3, -0.25) is 4.79 Å². The number of halogens is 1. The fourth-order valence-electron chi connectivity index (χ4n) is 1.91. The van der Waals surface area contributed by atoms with Crippen molar-refractivity contribution in [1.29, 1.82) is 0 Å². The zero-order chi connectivity index (χ0) is 13.8. The fraction of sp³-hybridized carbons (Fsp3) is 0.188. The summed E-state index contributed by atoms with van der Waals surface area (Å²) in [6, 6.07) is 13.6. The largest absolute Gasteiger partial charge is 0.367 e. The molecule has 0 heterocycles. The monoisotopic (exact) mass is 257 g/mol. The Labute approximate surface area is 112 Å². The van der Waals surface area contributed by atoms with Crippen LogP contribution in [0.4, 0.5) is 10.1 Å². The maximum Gasteiger partial charge on any atom is 0.182 e. The van der Waals surface area contributed by atoms with Gasteiger partial charge in [-0.15, -0.1) is 0 Å². The Morgan fingerprint density at radius 1 is 1.16 bits per heavy atom. The molecule has 2 aromatic carbocycles. The lowest BCUT2D eigenvalue weighted by molar-refractivity contribution is 0.100. The number of Topliss-reactive ketones (excluding diaryl/α,β-unsaturated/α-hetero) is 1. The van der Waals surface area contributed by atoms with Crippen LogP contribution in [0.2, 0.25) is 0 Å². The Kier molecular flexibility index (Phi) is 3.95. The molecule has 19 heavy (non-hydrogen) atoms. The normalized spacial score (nSPS) is 10.3. The van der Waals surface area contributed by atoms with Crippen LogP contribution < -0.4 is 4.90 Å². The molecule has 2 aromatic rings. The highest BCUT2D eigenvalue weighted by Crippen LogP contribution is 2.14. The predicted octanol–water partition coefficient (Wildman–Crippen LogP) is 3.45. The molecular weight excluding hydrogens is 241 g/mol. The van der Waals surface area contributed by atoms with E-state index in [1.54, 1.807) is 12.1 Å². The second-order valence-corrected chi connectivity index (χ2v) is 4.63. The second kappa shape index (κ2) is 5.65. The quantitative estimate of drug-likeness (QED) is 0.782. The molecule has 0 saturated carbocycles. The lowest BCUT2D eigenvalue weighted by Crippen LogP contribution is -2.25. The van der Waals surface area contributed by atoms with Gasteiger partial charge < -0.3 is 4.90 Å². The van der Waals surface area contributed by atoms with Crippen LogP contribution >= 0.6 is 0 Å². The number of carbonyl (C=O) groups is 1. The molecule has 98 valence electrons. The van der Waals surface area contributed by atoms with Crippen molar-refractivity contribution in [3.8, 4) is 0 Å². The van der Waals surface area contributed by atoms with Gasteiger partial charge in [-0.2, -0.15) is 0 Å². The fourth-order valence-corrected chi connectivity index (χ4v) is 1.91. The molecule has 0 unspecified atom stereocenters. The number of aryl methyl sites for hydroxylation is 1. The van der Waals surface area contributed by atoms with Crippen molar-refractivity contribution >= 4 is 11.5 Å². The minimum absolute atomic E-state index is 0.0514. The molecule has 0 atom stereocenters. The molecule has 0 aromatic heterocycles. The molecule has 2 nitrogen and oxygen atoms in total. The number of rotatable bonds is 4. The van der Waals surface area contributed by atoms with Crippen molar-refractivity contribution in [3.63, 3.8) is 0 Å². The summed E-state index contributed by atoms with van der Waals surface area (Å²) in [5.74, 6) is -0.224. The van der Waals surface area contributed by atoms with Crippen LogP contribution in [0.3, 0.4) is 0 Å². The van der Waals surface area contributed by atoms with Crippen LogP contribution in [0, 0.1) is 12.7 Å². The van der Waals surface area contributed by atoms with Gasteiger partial charge in [0, 0.05) is 18.3 Å². The summed E-state index contributed by atoms with van der Waals surface area (Å²) in [6.45, 7) is 2.23. The summed E-state index contributed by atoms with van der Waals surface area (Å²) in [7, 11) is 1.82. The summed E-state index contributed by atoms with van der Waals surface area (Å²) in [6.07, 6.45) is 0. The van der Waals surface area contributed by atoms with E-state index in [-0.39, 0.29) is 18.1 Å². The summed E-state index contributed by atoms with van der Waals surface area (Å²) < 4.78 is 12.8. The maximum absolute atomic E-state index is 12.8. The third-order valence-electron chi connectivity index (χ3n) is 2.99. The first kappa shape index (κ1) is 13.3. The molecule has 0 bridgehead atoms. The highest BCUT2D eigenvalue weighted by Gasteiger charge is 2.10. The molecular formula is C16H16FNO. The van der Waals surface area contributed by atoms with Crippen molar-refractivity contribution in [2.75, 3.05) is 18.5 Å². The van der Waals surface area contributed by atoms with Gasteiger partial charge in [0.15, 0.2) is 5.78 Å². The van der Waals surface area contributed by atoms with Gasteiger partial charge in [0.2, 0.25) is 0 Å². The highest BCUT2D eigenvalue weighted by atomic mass is 19.1. The lowest BCUT2D eigenvalue weighted by Gasteiger charge is -2.18. The van der Waals surface area contributed by atoms with Crippen LogP contribution in [0.25, 0.3) is 0 Å². The number of benzene rings is 2. The van der Waals surface area contributed by atoms with Gasteiger partial charge >= 0.3 is 0 Å². The van der Waals surface area contributed by atoms with Crippen LogP contribution in [-0.2, 0) is 0 Å². The van der Waals surface area contributed by atoms with Crippen LogP contribution in [-0.4, -0.2) is 19.4 Å². The number of anilines is 1. The first-order chi connectivity index (χ1) is 9.06. The topological polar surface area (TPSA) is 20.3 Å². The molecule has 0 fully saturated rings. The van der Waals surface area contributed by atoms with Crippen molar-refractivity contribution in [3.05, 3.63) is 65.5 Å². The van der Waals surface area contributed by atoms with Gasteiger partial charge in [0.1, 0.15) is 5.82 Å². The zero-order valence-electron chi connectivity index (χ0n) is 11.1. The Bertz CT molecular complexity index is 578. The third kappa shape index (κ3) is 3.41. The van der Waals surface area contributed by atoms with E-state index in [1.165, 1.54) is 12.1 Å². The number of likely N-dealkylation sites (N-methyl/N-ethyl adjacent to an activating group) is 1. The maximum atomic E-state index is 12.8. The summed E-state index contributed by atoms with van der Waals surface area (Å²) in [4.78, 5) is 13.9. The molecule has 0 radical (unpaired) electrons.